The molecule has 0 saturated heterocycles. The van der Waals surface area contributed by atoms with Gasteiger partial charge in [-0.2, -0.15) is 0 Å². The topological polar surface area (TPSA) is 64.3 Å². The highest BCUT2D eigenvalue weighted by atomic mass is 16.5. The van der Waals surface area contributed by atoms with Crippen molar-refractivity contribution in [3.05, 3.63) is 60.2 Å². The van der Waals surface area contributed by atoms with E-state index in [0.29, 0.717) is 18.0 Å². The second-order valence-corrected chi connectivity index (χ2v) is 4.31. The van der Waals surface area contributed by atoms with Crippen molar-refractivity contribution in [2.75, 3.05) is 11.9 Å². The van der Waals surface area contributed by atoms with Crippen LogP contribution in [0.3, 0.4) is 0 Å². The van der Waals surface area contributed by atoms with Crippen molar-refractivity contribution in [1.29, 1.82) is 0 Å². The summed E-state index contributed by atoms with van der Waals surface area (Å²) in [7, 11) is 0. The summed E-state index contributed by atoms with van der Waals surface area (Å²) in [5.74, 6) is 0.381. The van der Waals surface area contributed by atoms with Gasteiger partial charge >= 0.3 is 0 Å². The van der Waals surface area contributed by atoms with Gasteiger partial charge in [0.2, 0.25) is 5.91 Å². The highest BCUT2D eigenvalue weighted by Crippen LogP contribution is 2.24. The van der Waals surface area contributed by atoms with Crippen LogP contribution in [0.4, 0.5) is 5.69 Å². The van der Waals surface area contributed by atoms with Crippen LogP contribution in [0.2, 0.25) is 0 Å². The lowest BCUT2D eigenvalue weighted by Crippen LogP contribution is -2.27. The normalized spacial score (nSPS) is 11.7. The van der Waals surface area contributed by atoms with Crippen molar-refractivity contribution in [3.63, 3.8) is 0 Å². The summed E-state index contributed by atoms with van der Waals surface area (Å²) >= 11 is 0. The Labute approximate surface area is 118 Å². The zero-order chi connectivity index (χ0) is 14.4. The van der Waals surface area contributed by atoms with Crippen LogP contribution in [0.1, 0.15) is 18.5 Å². The van der Waals surface area contributed by atoms with Crippen LogP contribution in [0.15, 0.2) is 54.6 Å². The fourth-order valence-corrected chi connectivity index (χ4v) is 1.87. The molecule has 0 saturated carbocycles. The van der Waals surface area contributed by atoms with Crippen LogP contribution >= 0.6 is 0 Å². The number of hydrogen-bond acceptors (Lipinski definition) is 3. The predicted molar refractivity (Wildman–Crippen MR) is 79.6 cm³/mol. The lowest BCUT2D eigenvalue weighted by Gasteiger charge is -2.15. The number of ether oxygens (including phenoxy) is 1. The molecular formula is C16H18N2O2. The molecule has 2 rings (SSSR count). The number of nitrogens with two attached hydrogens (primary N) is 1. The highest BCUT2D eigenvalue weighted by Gasteiger charge is 2.16. The van der Waals surface area contributed by atoms with E-state index in [1.54, 1.807) is 6.07 Å². The summed E-state index contributed by atoms with van der Waals surface area (Å²) in [4.78, 5) is 12.2. The molecule has 1 atom stereocenters. The summed E-state index contributed by atoms with van der Waals surface area (Å²) in [6, 6.07) is 15.9. The van der Waals surface area contributed by atoms with Crippen molar-refractivity contribution in [2.24, 2.45) is 5.73 Å². The second kappa shape index (κ2) is 6.73. The van der Waals surface area contributed by atoms with E-state index in [1.165, 1.54) is 0 Å². The molecule has 0 aliphatic carbocycles. The maximum atomic E-state index is 12.2. The summed E-state index contributed by atoms with van der Waals surface area (Å²) in [6.07, 6.45) is 0. The average molecular weight is 270 g/mol. The lowest BCUT2D eigenvalue weighted by atomic mass is 10.1. The van der Waals surface area contributed by atoms with Crippen LogP contribution in [-0.2, 0) is 4.79 Å². The highest BCUT2D eigenvalue weighted by molar-refractivity contribution is 5.96. The van der Waals surface area contributed by atoms with Crippen LogP contribution in [-0.4, -0.2) is 12.5 Å². The minimum atomic E-state index is -0.703. The van der Waals surface area contributed by atoms with E-state index in [9.17, 15) is 4.79 Å². The van der Waals surface area contributed by atoms with Crippen LogP contribution in [0.25, 0.3) is 0 Å². The minimum absolute atomic E-state index is 0.261. The minimum Gasteiger partial charge on any atom is -0.492 e. The van der Waals surface area contributed by atoms with Crippen LogP contribution < -0.4 is 15.8 Å². The fourth-order valence-electron chi connectivity index (χ4n) is 1.87. The van der Waals surface area contributed by atoms with Crippen molar-refractivity contribution >= 4 is 11.6 Å². The molecule has 4 nitrogen and oxygen atoms in total. The Morgan fingerprint density at radius 2 is 1.80 bits per heavy atom. The molecule has 0 fully saturated rings. The zero-order valence-corrected chi connectivity index (χ0v) is 11.4. The number of hydrogen-bond donors (Lipinski definition) is 2. The van der Waals surface area contributed by atoms with E-state index in [-0.39, 0.29) is 5.91 Å². The number of nitrogens with one attached hydrogen (secondary N) is 1. The lowest BCUT2D eigenvalue weighted by molar-refractivity contribution is -0.117. The molecule has 1 amide bonds. The van der Waals surface area contributed by atoms with E-state index >= 15 is 0 Å². The third kappa shape index (κ3) is 3.36. The number of carbonyl (C=O) groups is 1. The number of carbonyl (C=O) groups excluding carboxylic acids is 1. The first kappa shape index (κ1) is 14.1. The molecule has 20 heavy (non-hydrogen) atoms. The summed E-state index contributed by atoms with van der Waals surface area (Å²) in [6.45, 7) is 2.44. The van der Waals surface area contributed by atoms with Crippen molar-refractivity contribution < 1.29 is 9.53 Å². The first-order chi connectivity index (χ1) is 9.72. The standard InChI is InChI=1S/C16H18N2O2/c1-2-20-14-11-7-6-10-13(14)18-16(19)15(17)12-8-4-3-5-9-12/h3-11,15H,2,17H2,1H3,(H,18,19)/t15-/m0/s1. The van der Waals surface area contributed by atoms with Crippen LogP contribution in [0.5, 0.6) is 5.75 Å². The van der Waals surface area contributed by atoms with Gasteiger partial charge in [-0.25, -0.2) is 0 Å². The average Bonchev–Trinajstić information content (AvgIpc) is 2.49. The number of benzene rings is 2. The Balaban J connectivity index is 2.12. The summed E-state index contributed by atoms with van der Waals surface area (Å²) < 4.78 is 5.47. The maximum absolute atomic E-state index is 12.2. The molecule has 4 heteroatoms. The molecule has 0 aliphatic heterocycles. The van der Waals surface area contributed by atoms with Gasteiger partial charge in [0.1, 0.15) is 11.8 Å². The molecule has 0 bridgehead atoms. The first-order valence-corrected chi connectivity index (χ1v) is 6.55. The number of amides is 1. The molecule has 0 aromatic heterocycles. The molecule has 104 valence electrons. The monoisotopic (exact) mass is 270 g/mol. The van der Waals surface area contributed by atoms with Gasteiger partial charge in [-0.15, -0.1) is 0 Å². The number of anilines is 1. The van der Waals surface area contributed by atoms with Gasteiger partial charge in [-0.3, -0.25) is 4.79 Å². The molecule has 0 spiro atoms. The van der Waals surface area contributed by atoms with Crippen molar-refractivity contribution in [2.45, 2.75) is 13.0 Å². The third-order valence-electron chi connectivity index (χ3n) is 2.89. The number of rotatable bonds is 5. The fraction of sp³-hybridized carbons (Fsp3) is 0.188. The zero-order valence-electron chi connectivity index (χ0n) is 11.4. The van der Waals surface area contributed by atoms with Gasteiger partial charge in [0.25, 0.3) is 0 Å². The summed E-state index contributed by atoms with van der Waals surface area (Å²) in [5, 5.41) is 2.80. The predicted octanol–water partition coefficient (Wildman–Crippen LogP) is 2.72. The van der Waals surface area contributed by atoms with E-state index < -0.39 is 6.04 Å². The van der Waals surface area contributed by atoms with Gasteiger partial charge in [-0.1, -0.05) is 42.5 Å². The second-order valence-electron chi connectivity index (χ2n) is 4.31. The molecule has 0 unspecified atom stereocenters. The molecule has 3 N–H and O–H groups in total. The molecule has 2 aromatic carbocycles. The van der Waals surface area contributed by atoms with E-state index in [4.69, 9.17) is 10.5 Å². The molecule has 0 radical (unpaired) electrons. The molecule has 0 heterocycles. The third-order valence-corrected chi connectivity index (χ3v) is 2.89. The molecule has 0 aliphatic rings. The van der Waals surface area contributed by atoms with Crippen LogP contribution in [0, 0.1) is 0 Å². The van der Waals surface area contributed by atoms with Gasteiger partial charge in [0.05, 0.1) is 12.3 Å². The van der Waals surface area contributed by atoms with Gasteiger partial charge in [0, 0.05) is 0 Å². The Hall–Kier alpha value is -2.33. The first-order valence-electron chi connectivity index (χ1n) is 6.55. The van der Waals surface area contributed by atoms with E-state index in [1.807, 2.05) is 55.5 Å². The van der Waals surface area contributed by atoms with Crippen molar-refractivity contribution in [3.8, 4) is 5.75 Å². The van der Waals surface area contributed by atoms with Gasteiger partial charge in [-0.05, 0) is 24.6 Å². The maximum Gasteiger partial charge on any atom is 0.245 e. The Morgan fingerprint density at radius 3 is 2.50 bits per heavy atom. The quantitative estimate of drug-likeness (QED) is 0.878. The molecule has 2 aromatic rings. The smallest absolute Gasteiger partial charge is 0.245 e. The molecular weight excluding hydrogens is 252 g/mol. The Bertz CT molecular complexity index is 570. The largest absolute Gasteiger partial charge is 0.492 e. The summed E-state index contributed by atoms with van der Waals surface area (Å²) in [5.41, 5.74) is 7.36. The Morgan fingerprint density at radius 1 is 1.15 bits per heavy atom. The van der Waals surface area contributed by atoms with Gasteiger partial charge < -0.3 is 15.8 Å². The van der Waals surface area contributed by atoms with E-state index in [2.05, 4.69) is 5.32 Å². The Kier molecular flexibility index (Phi) is 4.74. The van der Waals surface area contributed by atoms with Crippen molar-refractivity contribution in [1.82, 2.24) is 0 Å². The van der Waals surface area contributed by atoms with E-state index in [0.717, 1.165) is 5.56 Å². The SMILES string of the molecule is CCOc1ccccc1NC(=O)[C@@H](N)c1ccccc1. The van der Waals surface area contributed by atoms with Gasteiger partial charge in [0.15, 0.2) is 0 Å². The number of para-hydroxylation sites is 2.